The summed E-state index contributed by atoms with van der Waals surface area (Å²) in [5.74, 6) is 1.59. The number of methoxy groups -OCH3 is 1. The van der Waals surface area contributed by atoms with Gasteiger partial charge in [-0.05, 0) is 25.1 Å². The fourth-order valence-electron chi connectivity index (χ4n) is 3.33. The summed E-state index contributed by atoms with van der Waals surface area (Å²) >= 11 is 1.68. The van der Waals surface area contributed by atoms with Gasteiger partial charge in [0.05, 0.1) is 18.1 Å². The molecule has 0 bridgehead atoms. The van der Waals surface area contributed by atoms with E-state index in [0.717, 1.165) is 29.1 Å². The first-order chi connectivity index (χ1) is 12.7. The number of hydrogen-bond donors (Lipinski definition) is 0. The lowest BCUT2D eigenvalue weighted by molar-refractivity contribution is 0.0743. The molecule has 6 nitrogen and oxygen atoms in total. The first-order valence-corrected chi connectivity index (χ1v) is 9.37. The summed E-state index contributed by atoms with van der Waals surface area (Å²) in [4.78, 5) is 28.1. The van der Waals surface area contributed by atoms with Crippen molar-refractivity contribution in [2.24, 2.45) is 0 Å². The number of hydrogen-bond acceptors (Lipinski definition) is 6. The maximum atomic E-state index is 12.8. The largest absolute Gasteiger partial charge is 0.496 e. The lowest BCUT2D eigenvalue weighted by Crippen LogP contribution is -2.49. The highest BCUT2D eigenvalue weighted by Crippen LogP contribution is 2.30. The Balaban J connectivity index is 1.51. The highest BCUT2D eigenvalue weighted by atomic mass is 32.1. The summed E-state index contributed by atoms with van der Waals surface area (Å²) in [6.45, 7) is 4.90. The van der Waals surface area contributed by atoms with Gasteiger partial charge >= 0.3 is 0 Å². The third-order valence-electron chi connectivity index (χ3n) is 4.64. The molecular weight excluding hydrogens is 348 g/mol. The van der Waals surface area contributed by atoms with Crippen molar-refractivity contribution in [1.29, 1.82) is 0 Å². The van der Waals surface area contributed by atoms with Gasteiger partial charge in [0, 0.05) is 31.1 Å². The predicted octanol–water partition coefficient (Wildman–Crippen LogP) is 2.97. The molecule has 2 aromatic heterocycles. The SMILES string of the molecule is COc1ccccc1C(=O)N1CCN(c2ncnc3sc(C)cc23)CC1. The molecule has 0 unspecified atom stereocenters. The number of thiophene rings is 1. The van der Waals surface area contributed by atoms with E-state index in [9.17, 15) is 4.79 Å². The monoisotopic (exact) mass is 368 g/mol. The molecule has 0 radical (unpaired) electrons. The Morgan fingerprint density at radius 2 is 1.92 bits per heavy atom. The molecule has 4 rings (SSSR count). The lowest BCUT2D eigenvalue weighted by atomic mass is 10.1. The van der Waals surface area contributed by atoms with Crippen LogP contribution in [0.2, 0.25) is 0 Å². The Labute approximate surface area is 156 Å². The molecule has 0 spiro atoms. The summed E-state index contributed by atoms with van der Waals surface area (Å²) in [7, 11) is 1.59. The van der Waals surface area contributed by atoms with Gasteiger partial charge in [-0.2, -0.15) is 0 Å². The zero-order valence-electron chi connectivity index (χ0n) is 14.8. The topological polar surface area (TPSA) is 58.6 Å². The van der Waals surface area contributed by atoms with Crippen molar-refractivity contribution in [3.05, 3.63) is 47.1 Å². The quantitative estimate of drug-likeness (QED) is 0.711. The molecule has 26 heavy (non-hydrogen) atoms. The number of carbonyl (C=O) groups excluding carboxylic acids is 1. The van der Waals surface area contributed by atoms with Crippen LogP contribution in [0, 0.1) is 6.92 Å². The minimum atomic E-state index is 0.0151. The normalized spacial score (nSPS) is 14.7. The zero-order chi connectivity index (χ0) is 18.1. The van der Waals surface area contributed by atoms with Gasteiger partial charge in [-0.15, -0.1) is 11.3 Å². The third-order valence-corrected chi connectivity index (χ3v) is 5.59. The number of piperazine rings is 1. The zero-order valence-corrected chi connectivity index (χ0v) is 15.6. The van der Waals surface area contributed by atoms with E-state index in [1.807, 2.05) is 29.2 Å². The van der Waals surface area contributed by atoms with Gasteiger partial charge in [-0.25, -0.2) is 9.97 Å². The van der Waals surface area contributed by atoms with E-state index in [4.69, 9.17) is 4.74 Å². The van der Waals surface area contributed by atoms with Crippen LogP contribution in [-0.2, 0) is 0 Å². The van der Waals surface area contributed by atoms with Crippen LogP contribution in [0.5, 0.6) is 5.75 Å². The van der Waals surface area contributed by atoms with Crippen LogP contribution in [0.4, 0.5) is 5.82 Å². The molecule has 1 saturated heterocycles. The van der Waals surface area contributed by atoms with Crippen LogP contribution in [-0.4, -0.2) is 54.1 Å². The Morgan fingerprint density at radius 1 is 1.15 bits per heavy atom. The molecule has 7 heteroatoms. The number of fused-ring (bicyclic) bond motifs is 1. The number of carbonyl (C=O) groups is 1. The number of nitrogens with zero attached hydrogens (tertiary/aromatic N) is 4. The van der Waals surface area contributed by atoms with Gasteiger partial charge in [-0.1, -0.05) is 12.1 Å². The number of rotatable bonds is 3. The third kappa shape index (κ3) is 2.99. The second-order valence-electron chi connectivity index (χ2n) is 6.25. The van der Waals surface area contributed by atoms with Crippen molar-refractivity contribution in [2.45, 2.75) is 6.92 Å². The lowest BCUT2D eigenvalue weighted by Gasteiger charge is -2.35. The molecule has 3 heterocycles. The van der Waals surface area contributed by atoms with Crippen molar-refractivity contribution in [1.82, 2.24) is 14.9 Å². The number of benzene rings is 1. The fraction of sp³-hybridized carbons (Fsp3) is 0.316. The highest BCUT2D eigenvalue weighted by Gasteiger charge is 2.25. The highest BCUT2D eigenvalue weighted by molar-refractivity contribution is 7.18. The van der Waals surface area contributed by atoms with Crippen LogP contribution < -0.4 is 9.64 Å². The number of para-hydroxylation sites is 1. The van der Waals surface area contributed by atoms with Crippen LogP contribution in [0.3, 0.4) is 0 Å². The summed E-state index contributed by atoms with van der Waals surface area (Å²) in [6, 6.07) is 9.51. The molecule has 3 aromatic rings. The minimum absolute atomic E-state index is 0.0151. The predicted molar refractivity (Wildman–Crippen MR) is 103 cm³/mol. The van der Waals surface area contributed by atoms with Crippen molar-refractivity contribution in [3.63, 3.8) is 0 Å². The van der Waals surface area contributed by atoms with E-state index < -0.39 is 0 Å². The standard InChI is InChI=1S/C19H20N4O2S/c1-13-11-15-17(20-12-21-18(15)26-13)22-7-9-23(10-8-22)19(24)14-5-3-4-6-16(14)25-2/h3-6,11-12H,7-10H2,1-2H3. The smallest absolute Gasteiger partial charge is 0.257 e. The van der Waals surface area contributed by atoms with Crippen molar-refractivity contribution in [2.75, 3.05) is 38.2 Å². The van der Waals surface area contributed by atoms with Gasteiger partial charge in [0.1, 0.15) is 22.7 Å². The van der Waals surface area contributed by atoms with Gasteiger partial charge in [-0.3, -0.25) is 4.79 Å². The maximum Gasteiger partial charge on any atom is 0.257 e. The van der Waals surface area contributed by atoms with Gasteiger partial charge in [0.2, 0.25) is 0 Å². The summed E-state index contributed by atoms with van der Waals surface area (Å²) in [6.07, 6.45) is 1.62. The molecule has 0 N–H and O–H groups in total. The first kappa shape index (κ1) is 16.8. The molecule has 1 fully saturated rings. The average Bonchev–Trinajstić information content (AvgIpc) is 3.07. The summed E-state index contributed by atoms with van der Waals surface area (Å²) < 4.78 is 5.32. The molecule has 0 saturated carbocycles. The number of aromatic nitrogens is 2. The van der Waals surface area contributed by atoms with E-state index in [1.165, 1.54) is 4.88 Å². The van der Waals surface area contributed by atoms with Gasteiger partial charge in [0.15, 0.2) is 0 Å². The van der Waals surface area contributed by atoms with Crippen molar-refractivity contribution >= 4 is 33.3 Å². The Hall–Kier alpha value is -2.67. The van der Waals surface area contributed by atoms with Crippen molar-refractivity contribution in [3.8, 4) is 5.75 Å². The van der Waals surface area contributed by atoms with E-state index >= 15 is 0 Å². The summed E-state index contributed by atoms with van der Waals surface area (Å²) in [5.41, 5.74) is 0.612. The van der Waals surface area contributed by atoms with E-state index in [0.29, 0.717) is 24.4 Å². The van der Waals surface area contributed by atoms with E-state index in [2.05, 4.69) is 27.9 Å². The number of amides is 1. The fourth-order valence-corrected chi connectivity index (χ4v) is 4.17. The molecule has 1 amide bonds. The van der Waals surface area contributed by atoms with E-state index in [1.54, 1.807) is 24.8 Å². The molecule has 1 aliphatic heterocycles. The first-order valence-electron chi connectivity index (χ1n) is 8.56. The molecule has 0 atom stereocenters. The minimum Gasteiger partial charge on any atom is -0.496 e. The Bertz CT molecular complexity index is 948. The van der Waals surface area contributed by atoms with Crippen LogP contribution in [0.25, 0.3) is 10.2 Å². The summed E-state index contributed by atoms with van der Waals surface area (Å²) in [5, 5.41) is 1.10. The number of aryl methyl sites for hydroxylation is 1. The molecule has 134 valence electrons. The van der Waals surface area contributed by atoms with Gasteiger partial charge < -0.3 is 14.5 Å². The van der Waals surface area contributed by atoms with E-state index in [-0.39, 0.29) is 5.91 Å². The number of ether oxygens (including phenoxy) is 1. The van der Waals surface area contributed by atoms with Crippen LogP contribution in [0.1, 0.15) is 15.2 Å². The second kappa shape index (κ2) is 6.92. The van der Waals surface area contributed by atoms with Crippen molar-refractivity contribution < 1.29 is 9.53 Å². The molecular formula is C19H20N4O2S. The Morgan fingerprint density at radius 3 is 2.69 bits per heavy atom. The van der Waals surface area contributed by atoms with Gasteiger partial charge in [0.25, 0.3) is 5.91 Å². The molecule has 1 aliphatic rings. The maximum absolute atomic E-state index is 12.8. The van der Waals surface area contributed by atoms with Crippen LogP contribution in [0.15, 0.2) is 36.7 Å². The molecule has 1 aromatic carbocycles. The van der Waals surface area contributed by atoms with Crippen LogP contribution >= 0.6 is 11.3 Å². The Kier molecular flexibility index (Phi) is 4.46. The average molecular weight is 368 g/mol. The molecule has 0 aliphatic carbocycles. The number of anilines is 1. The second-order valence-corrected chi connectivity index (χ2v) is 7.49.